The maximum Gasteiger partial charge on any atom is 0.220 e. The van der Waals surface area contributed by atoms with Gasteiger partial charge >= 0.3 is 0 Å². The van der Waals surface area contributed by atoms with E-state index in [-0.39, 0.29) is 18.3 Å². The molecule has 0 aliphatic rings. The fraction of sp³-hybridized carbons (Fsp3) is 0.350. The molecule has 0 saturated carbocycles. The lowest BCUT2D eigenvalue weighted by molar-refractivity contribution is -0.121. The second-order valence-electron chi connectivity index (χ2n) is 6.26. The normalized spacial score (nSPS) is 11.6. The molecule has 24 heavy (non-hydrogen) atoms. The molecule has 4 heteroatoms. The molecule has 1 unspecified atom stereocenters. The minimum absolute atomic E-state index is 0. The smallest absolute Gasteiger partial charge is 0.220 e. The summed E-state index contributed by atoms with van der Waals surface area (Å²) in [6.45, 7) is 5.05. The fourth-order valence-electron chi connectivity index (χ4n) is 2.76. The van der Waals surface area contributed by atoms with Gasteiger partial charge in [0.25, 0.3) is 0 Å². The Balaban J connectivity index is 0.00000288. The number of halogens is 1. The molecule has 0 saturated heterocycles. The van der Waals surface area contributed by atoms with Crippen LogP contribution in [-0.4, -0.2) is 12.5 Å². The summed E-state index contributed by atoms with van der Waals surface area (Å²) in [6.07, 6.45) is 1.14. The van der Waals surface area contributed by atoms with Crippen LogP contribution in [0.3, 0.4) is 0 Å². The van der Waals surface area contributed by atoms with E-state index in [4.69, 9.17) is 5.73 Å². The second kappa shape index (κ2) is 9.99. The molecular formula is C20H27ClN2O. The van der Waals surface area contributed by atoms with Gasteiger partial charge in [-0.05, 0) is 29.5 Å². The number of nitrogen functional groups attached to an aromatic ring is 1. The molecule has 1 atom stereocenters. The summed E-state index contributed by atoms with van der Waals surface area (Å²) < 4.78 is 0. The van der Waals surface area contributed by atoms with Crippen LogP contribution in [0.1, 0.15) is 37.3 Å². The van der Waals surface area contributed by atoms with E-state index in [1.165, 1.54) is 5.56 Å². The third kappa shape index (κ3) is 5.89. The standard InChI is InChI=1S/C20H26N2O.ClH/c1-15(2)18(16-8-4-3-5-9-16)14-22-20(23)13-12-17-10-6-7-11-19(17)21;/h3-11,15,18H,12-14,21H2,1-2H3,(H,22,23);1H. The SMILES string of the molecule is CC(C)C(CNC(=O)CCc1ccccc1N)c1ccccc1.Cl. The third-order valence-electron chi connectivity index (χ3n) is 4.23. The number of para-hydroxylation sites is 1. The number of benzene rings is 2. The van der Waals surface area contributed by atoms with Crippen molar-refractivity contribution in [3.05, 3.63) is 65.7 Å². The summed E-state index contributed by atoms with van der Waals surface area (Å²) in [5.74, 6) is 0.888. The Hall–Kier alpha value is -2.00. The van der Waals surface area contributed by atoms with Gasteiger partial charge in [0, 0.05) is 24.6 Å². The van der Waals surface area contributed by atoms with E-state index in [2.05, 4.69) is 31.3 Å². The zero-order chi connectivity index (χ0) is 16.7. The lowest BCUT2D eigenvalue weighted by atomic mass is 9.88. The van der Waals surface area contributed by atoms with E-state index < -0.39 is 0 Å². The predicted octanol–water partition coefficient (Wildman–Crippen LogP) is 4.18. The maximum absolute atomic E-state index is 12.1. The van der Waals surface area contributed by atoms with E-state index in [0.29, 0.717) is 31.2 Å². The molecule has 1 amide bonds. The van der Waals surface area contributed by atoms with Crippen LogP contribution < -0.4 is 11.1 Å². The van der Waals surface area contributed by atoms with Gasteiger partial charge in [-0.3, -0.25) is 4.79 Å². The van der Waals surface area contributed by atoms with Crippen molar-refractivity contribution in [1.82, 2.24) is 5.32 Å². The highest BCUT2D eigenvalue weighted by Crippen LogP contribution is 2.23. The van der Waals surface area contributed by atoms with Gasteiger partial charge in [-0.1, -0.05) is 62.4 Å². The Kier molecular flexibility index (Phi) is 8.34. The van der Waals surface area contributed by atoms with Gasteiger partial charge in [0.1, 0.15) is 0 Å². The van der Waals surface area contributed by atoms with E-state index in [9.17, 15) is 4.79 Å². The first kappa shape index (κ1) is 20.0. The topological polar surface area (TPSA) is 55.1 Å². The quantitative estimate of drug-likeness (QED) is 0.739. The number of anilines is 1. The van der Waals surface area contributed by atoms with Crippen molar-refractivity contribution in [3.8, 4) is 0 Å². The Morgan fingerprint density at radius 1 is 1.04 bits per heavy atom. The number of nitrogens with one attached hydrogen (secondary N) is 1. The zero-order valence-corrected chi connectivity index (χ0v) is 15.2. The molecule has 130 valence electrons. The fourth-order valence-corrected chi connectivity index (χ4v) is 2.76. The van der Waals surface area contributed by atoms with E-state index in [1.807, 2.05) is 42.5 Å². The van der Waals surface area contributed by atoms with Gasteiger partial charge in [0.2, 0.25) is 5.91 Å². The van der Waals surface area contributed by atoms with Crippen LogP contribution in [0, 0.1) is 5.92 Å². The van der Waals surface area contributed by atoms with E-state index in [1.54, 1.807) is 0 Å². The van der Waals surface area contributed by atoms with Gasteiger partial charge in [-0.2, -0.15) is 0 Å². The molecule has 3 N–H and O–H groups in total. The van der Waals surface area contributed by atoms with Gasteiger partial charge in [-0.25, -0.2) is 0 Å². The largest absolute Gasteiger partial charge is 0.399 e. The molecular weight excluding hydrogens is 320 g/mol. The summed E-state index contributed by atoms with van der Waals surface area (Å²) in [5.41, 5.74) is 8.97. The number of carbonyl (C=O) groups excluding carboxylic acids is 1. The minimum Gasteiger partial charge on any atom is -0.399 e. The first-order valence-electron chi connectivity index (χ1n) is 8.23. The Labute approximate surface area is 151 Å². The van der Waals surface area contributed by atoms with Gasteiger partial charge in [-0.15, -0.1) is 12.4 Å². The zero-order valence-electron chi connectivity index (χ0n) is 14.4. The summed E-state index contributed by atoms with van der Waals surface area (Å²) in [4.78, 5) is 12.1. The first-order valence-corrected chi connectivity index (χ1v) is 8.23. The maximum atomic E-state index is 12.1. The summed E-state index contributed by atoms with van der Waals surface area (Å²) >= 11 is 0. The van der Waals surface area contributed by atoms with Crippen LogP contribution in [0.15, 0.2) is 54.6 Å². The van der Waals surface area contributed by atoms with E-state index in [0.717, 1.165) is 11.3 Å². The van der Waals surface area contributed by atoms with Crippen LogP contribution in [0.2, 0.25) is 0 Å². The van der Waals surface area contributed by atoms with Crippen LogP contribution >= 0.6 is 12.4 Å². The van der Waals surface area contributed by atoms with Gasteiger partial charge < -0.3 is 11.1 Å². The molecule has 0 radical (unpaired) electrons. The predicted molar refractivity (Wildman–Crippen MR) is 103 cm³/mol. The van der Waals surface area contributed by atoms with Crippen LogP contribution in [0.25, 0.3) is 0 Å². The number of hydrogen-bond donors (Lipinski definition) is 2. The molecule has 2 aromatic rings. The summed E-state index contributed by atoms with van der Waals surface area (Å²) in [7, 11) is 0. The first-order chi connectivity index (χ1) is 11.1. The monoisotopic (exact) mass is 346 g/mol. The van der Waals surface area contributed by atoms with Crippen molar-refractivity contribution in [2.24, 2.45) is 5.92 Å². The average molecular weight is 347 g/mol. The Bertz CT molecular complexity index is 629. The summed E-state index contributed by atoms with van der Waals surface area (Å²) in [6, 6.07) is 18.1. The molecule has 0 spiro atoms. The van der Waals surface area contributed by atoms with Crippen molar-refractivity contribution >= 4 is 24.0 Å². The average Bonchev–Trinajstić information content (AvgIpc) is 2.55. The van der Waals surface area contributed by atoms with Gasteiger partial charge in [0.05, 0.1) is 0 Å². The highest BCUT2D eigenvalue weighted by atomic mass is 35.5. The van der Waals surface area contributed by atoms with E-state index >= 15 is 0 Å². The summed E-state index contributed by atoms with van der Waals surface area (Å²) in [5, 5.41) is 3.07. The van der Waals surface area contributed by atoms with Crippen molar-refractivity contribution in [2.75, 3.05) is 12.3 Å². The minimum atomic E-state index is 0. The third-order valence-corrected chi connectivity index (χ3v) is 4.23. The molecule has 2 rings (SSSR count). The second-order valence-corrected chi connectivity index (χ2v) is 6.26. The molecule has 0 aliphatic heterocycles. The molecule has 0 fully saturated rings. The molecule has 3 nitrogen and oxygen atoms in total. The van der Waals surface area contributed by atoms with Crippen molar-refractivity contribution in [2.45, 2.75) is 32.6 Å². The van der Waals surface area contributed by atoms with Crippen molar-refractivity contribution < 1.29 is 4.79 Å². The Morgan fingerprint density at radius 2 is 1.67 bits per heavy atom. The number of amides is 1. The van der Waals surface area contributed by atoms with Crippen LogP contribution in [0.5, 0.6) is 0 Å². The number of aryl methyl sites for hydroxylation is 1. The van der Waals surface area contributed by atoms with Crippen LogP contribution in [0.4, 0.5) is 5.69 Å². The van der Waals surface area contributed by atoms with Crippen molar-refractivity contribution in [1.29, 1.82) is 0 Å². The number of carbonyl (C=O) groups is 1. The number of hydrogen-bond acceptors (Lipinski definition) is 2. The highest BCUT2D eigenvalue weighted by Gasteiger charge is 2.16. The van der Waals surface area contributed by atoms with Gasteiger partial charge in [0.15, 0.2) is 0 Å². The Morgan fingerprint density at radius 3 is 2.29 bits per heavy atom. The number of rotatable bonds is 7. The highest BCUT2D eigenvalue weighted by molar-refractivity contribution is 5.85. The molecule has 2 aromatic carbocycles. The number of nitrogens with two attached hydrogens (primary N) is 1. The molecule has 0 heterocycles. The molecule has 0 aliphatic carbocycles. The lowest BCUT2D eigenvalue weighted by Gasteiger charge is -2.22. The molecule has 0 aromatic heterocycles. The lowest BCUT2D eigenvalue weighted by Crippen LogP contribution is -2.30. The molecule has 0 bridgehead atoms. The van der Waals surface area contributed by atoms with Crippen LogP contribution in [-0.2, 0) is 11.2 Å². The van der Waals surface area contributed by atoms with Crippen molar-refractivity contribution in [3.63, 3.8) is 0 Å².